The Balaban J connectivity index is 5.47. The Morgan fingerprint density at radius 3 is 1.78 bits per heavy atom. The zero-order valence-electron chi connectivity index (χ0n) is 20.4. The van der Waals surface area contributed by atoms with Crippen molar-refractivity contribution in [2.24, 2.45) is 23.5 Å². The molecular formula is C22H42N4O5S. The maximum atomic E-state index is 13.1. The first-order chi connectivity index (χ1) is 14.9. The number of amides is 3. The number of carboxylic acid groups (broad SMARTS) is 1. The average Bonchev–Trinajstić information content (AvgIpc) is 2.75. The molecule has 0 heterocycles. The van der Waals surface area contributed by atoms with Crippen molar-refractivity contribution in [1.82, 2.24) is 16.0 Å². The van der Waals surface area contributed by atoms with Crippen LogP contribution in [0.4, 0.5) is 0 Å². The minimum atomic E-state index is -1.12. The summed E-state index contributed by atoms with van der Waals surface area (Å²) in [6.07, 6.45) is 3.49. The molecule has 0 aromatic rings. The van der Waals surface area contributed by atoms with Gasteiger partial charge in [-0.05, 0) is 36.2 Å². The maximum Gasteiger partial charge on any atom is 0.326 e. The average molecular weight is 475 g/mol. The first-order valence-electron chi connectivity index (χ1n) is 11.3. The highest BCUT2D eigenvalue weighted by Gasteiger charge is 2.34. The molecule has 0 aromatic heterocycles. The van der Waals surface area contributed by atoms with E-state index in [1.54, 1.807) is 13.8 Å². The van der Waals surface area contributed by atoms with Crippen LogP contribution in [0.3, 0.4) is 0 Å². The lowest BCUT2D eigenvalue weighted by molar-refractivity contribution is -0.142. The number of thioether (sulfide) groups is 1. The lowest BCUT2D eigenvalue weighted by Gasteiger charge is -2.30. The predicted octanol–water partition coefficient (Wildman–Crippen LogP) is 1.35. The van der Waals surface area contributed by atoms with Crippen molar-refractivity contribution < 1.29 is 24.3 Å². The summed E-state index contributed by atoms with van der Waals surface area (Å²) >= 11 is 1.49. The van der Waals surface area contributed by atoms with E-state index < -0.39 is 47.9 Å². The van der Waals surface area contributed by atoms with Gasteiger partial charge in [0.2, 0.25) is 17.7 Å². The summed E-state index contributed by atoms with van der Waals surface area (Å²) in [6, 6.07) is -3.57. The van der Waals surface area contributed by atoms with E-state index in [-0.39, 0.29) is 24.2 Å². The van der Waals surface area contributed by atoms with Crippen molar-refractivity contribution in [2.45, 2.75) is 85.0 Å². The molecule has 10 heteroatoms. The van der Waals surface area contributed by atoms with Crippen LogP contribution in [0.25, 0.3) is 0 Å². The summed E-state index contributed by atoms with van der Waals surface area (Å²) in [6.45, 7) is 11.1. The van der Waals surface area contributed by atoms with Crippen molar-refractivity contribution in [1.29, 1.82) is 0 Å². The molecule has 0 aromatic carbocycles. The third-order valence-corrected chi connectivity index (χ3v) is 6.47. The van der Waals surface area contributed by atoms with Gasteiger partial charge in [0.05, 0.1) is 6.04 Å². The van der Waals surface area contributed by atoms with Gasteiger partial charge in [-0.25, -0.2) is 4.79 Å². The van der Waals surface area contributed by atoms with Gasteiger partial charge in [-0.15, -0.1) is 0 Å². The Labute approximate surface area is 196 Å². The number of carboxylic acids is 1. The molecule has 0 saturated carbocycles. The molecule has 0 fully saturated rings. The summed E-state index contributed by atoms with van der Waals surface area (Å²) in [5.41, 5.74) is 6.02. The molecule has 0 aliphatic heterocycles. The van der Waals surface area contributed by atoms with Gasteiger partial charge in [0.15, 0.2) is 0 Å². The fourth-order valence-electron chi connectivity index (χ4n) is 3.00. The Kier molecular flexibility index (Phi) is 14.2. The number of rotatable bonds is 15. The number of carbonyl (C=O) groups excluding carboxylic acids is 3. The number of carbonyl (C=O) groups is 4. The van der Waals surface area contributed by atoms with Crippen molar-refractivity contribution in [3.8, 4) is 0 Å². The number of hydrogen-bond acceptors (Lipinski definition) is 6. The summed E-state index contributed by atoms with van der Waals surface area (Å²) in [5, 5.41) is 17.4. The zero-order chi connectivity index (χ0) is 25.0. The van der Waals surface area contributed by atoms with E-state index in [1.807, 2.05) is 34.0 Å². The molecule has 6 N–H and O–H groups in total. The van der Waals surface area contributed by atoms with Gasteiger partial charge in [-0.1, -0.05) is 54.4 Å². The normalized spacial score (nSPS) is 16.9. The van der Waals surface area contributed by atoms with Crippen LogP contribution in [0.2, 0.25) is 0 Å². The highest BCUT2D eigenvalue weighted by atomic mass is 32.2. The van der Waals surface area contributed by atoms with Gasteiger partial charge < -0.3 is 26.8 Å². The van der Waals surface area contributed by atoms with E-state index in [4.69, 9.17) is 5.73 Å². The van der Waals surface area contributed by atoms with E-state index in [9.17, 15) is 24.3 Å². The lowest BCUT2D eigenvalue weighted by Crippen LogP contribution is -2.60. The summed E-state index contributed by atoms with van der Waals surface area (Å²) in [5.74, 6) is -2.52. The van der Waals surface area contributed by atoms with Crippen LogP contribution in [0, 0.1) is 17.8 Å². The van der Waals surface area contributed by atoms with Gasteiger partial charge >= 0.3 is 5.97 Å². The molecule has 0 aliphatic rings. The highest BCUT2D eigenvalue weighted by Crippen LogP contribution is 2.13. The molecule has 0 saturated heterocycles. The van der Waals surface area contributed by atoms with Gasteiger partial charge in [0.25, 0.3) is 0 Å². The van der Waals surface area contributed by atoms with Crippen LogP contribution in [0.1, 0.15) is 60.8 Å². The van der Waals surface area contributed by atoms with E-state index in [1.165, 1.54) is 11.8 Å². The molecular weight excluding hydrogens is 432 g/mol. The topological polar surface area (TPSA) is 151 Å². The summed E-state index contributed by atoms with van der Waals surface area (Å²) < 4.78 is 0. The maximum absolute atomic E-state index is 13.1. The van der Waals surface area contributed by atoms with Crippen LogP contribution >= 0.6 is 11.8 Å². The van der Waals surface area contributed by atoms with E-state index in [0.29, 0.717) is 12.2 Å². The first-order valence-corrected chi connectivity index (χ1v) is 12.7. The molecule has 0 spiro atoms. The largest absolute Gasteiger partial charge is 0.480 e. The number of nitrogens with one attached hydrogen (secondary N) is 3. The first kappa shape index (κ1) is 30.2. The predicted molar refractivity (Wildman–Crippen MR) is 128 cm³/mol. The molecule has 3 amide bonds. The van der Waals surface area contributed by atoms with Gasteiger partial charge in [0, 0.05) is 0 Å². The Morgan fingerprint density at radius 2 is 1.34 bits per heavy atom. The second-order valence-corrected chi connectivity index (χ2v) is 9.68. The quantitative estimate of drug-likeness (QED) is 0.240. The van der Waals surface area contributed by atoms with Crippen molar-refractivity contribution in [3.63, 3.8) is 0 Å². The zero-order valence-corrected chi connectivity index (χ0v) is 21.3. The third-order valence-electron chi connectivity index (χ3n) is 5.83. The Hall–Kier alpha value is -1.81. The lowest BCUT2D eigenvalue weighted by atomic mass is 9.94. The second kappa shape index (κ2) is 15.1. The Morgan fingerprint density at radius 1 is 0.844 bits per heavy atom. The fourth-order valence-corrected chi connectivity index (χ4v) is 3.47. The number of aliphatic carboxylic acids is 1. The van der Waals surface area contributed by atoms with Crippen LogP contribution < -0.4 is 21.7 Å². The number of hydrogen-bond donors (Lipinski definition) is 5. The molecule has 0 rings (SSSR count). The second-order valence-electron chi connectivity index (χ2n) is 8.69. The van der Waals surface area contributed by atoms with Gasteiger partial charge in [-0.2, -0.15) is 11.8 Å². The summed E-state index contributed by atoms with van der Waals surface area (Å²) in [4.78, 5) is 50.0. The van der Waals surface area contributed by atoms with E-state index in [0.717, 1.165) is 6.42 Å². The monoisotopic (exact) mass is 474 g/mol. The number of nitrogens with two attached hydrogens (primary N) is 1. The molecule has 0 radical (unpaired) electrons. The Bertz CT molecular complexity index is 631. The van der Waals surface area contributed by atoms with Gasteiger partial charge in [0.1, 0.15) is 18.1 Å². The molecule has 186 valence electrons. The van der Waals surface area contributed by atoms with Crippen molar-refractivity contribution >= 4 is 35.5 Å². The third kappa shape index (κ3) is 9.77. The smallest absolute Gasteiger partial charge is 0.326 e. The molecule has 6 atom stereocenters. The van der Waals surface area contributed by atoms with Crippen molar-refractivity contribution in [3.05, 3.63) is 0 Å². The highest BCUT2D eigenvalue weighted by molar-refractivity contribution is 7.98. The van der Waals surface area contributed by atoms with Gasteiger partial charge in [-0.3, -0.25) is 14.4 Å². The van der Waals surface area contributed by atoms with Crippen molar-refractivity contribution in [2.75, 3.05) is 12.0 Å². The molecule has 32 heavy (non-hydrogen) atoms. The van der Waals surface area contributed by atoms with E-state index in [2.05, 4.69) is 16.0 Å². The summed E-state index contributed by atoms with van der Waals surface area (Å²) in [7, 11) is 0. The van der Waals surface area contributed by atoms with Crippen LogP contribution in [0.5, 0.6) is 0 Å². The molecule has 9 nitrogen and oxygen atoms in total. The molecule has 0 aliphatic carbocycles. The molecule has 0 bridgehead atoms. The minimum absolute atomic E-state index is 0.0425. The van der Waals surface area contributed by atoms with Crippen LogP contribution in [-0.2, 0) is 19.2 Å². The standard InChI is InChI=1S/C22H42N4O5S/c1-8-13(5)16(23)19(27)26-18(14(6)9-2)21(29)25-17(12(3)4)20(28)24-15(22(30)31)10-11-32-7/h12-18H,8-11,23H2,1-7H3,(H,24,28)(H,25,29)(H,26,27)(H,30,31). The fraction of sp³-hybridized carbons (Fsp3) is 0.818. The van der Waals surface area contributed by atoms with E-state index >= 15 is 0 Å². The van der Waals surface area contributed by atoms with Crippen LogP contribution in [0.15, 0.2) is 0 Å². The SMILES string of the molecule is CCC(C)C(N)C(=O)NC(C(=O)NC(C(=O)NC(CCSC)C(=O)O)C(C)C)C(C)CC. The molecule has 6 unspecified atom stereocenters. The minimum Gasteiger partial charge on any atom is -0.480 e. The van der Waals surface area contributed by atoms with Crippen LogP contribution in [-0.4, -0.2) is 65.0 Å².